The smallest absolute Gasteiger partial charge is 0.243 e. The molecule has 0 radical (unpaired) electrons. The van der Waals surface area contributed by atoms with Crippen molar-refractivity contribution in [3.63, 3.8) is 0 Å². The second kappa shape index (κ2) is 5.27. The summed E-state index contributed by atoms with van der Waals surface area (Å²) in [6.45, 7) is 0. The fourth-order valence-corrected chi connectivity index (χ4v) is 2.84. The predicted molar refractivity (Wildman–Crippen MR) is 82.6 cm³/mol. The molecule has 0 unspecified atom stereocenters. The van der Waals surface area contributed by atoms with Crippen molar-refractivity contribution in [3.05, 3.63) is 71.9 Å². The van der Waals surface area contributed by atoms with Gasteiger partial charge in [0.15, 0.2) is 5.03 Å². The van der Waals surface area contributed by atoms with Gasteiger partial charge in [-0.3, -0.25) is 0 Å². The van der Waals surface area contributed by atoms with Gasteiger partial charge in [-0.1, -0.05) is 42.5 Å². The van der Waals surface area contributed by atoms with Crippen LogP contribution < -0.4 is 5.14 Å². The third-order valence-corrected chi connectivity index (χ3v) is 4.18. The van der Waals surface area contributed by atoms with Crippen molar-refractivity contribution in [2.45, 2.75) is 11.4 Å². The second-order valence-electron chi connectivity index (χ2n) is 4.77. The Morgan fingerprint density at radius 2 is 1.57 bits per heavy atom. The van der Waals surface area contributed by atoms with Crippen LogP contribution >= 0.6 is 0 Å². The molecule has 3 rings (SSSR count). The van der Waals surface area contributed by atoms with E-state index in [0.29, 0.717) is 0 Å². The average molecular weight is 298 g/mol. The SMILES string of the molecule is NS(=O)(=O)c1ccc(C2=CCC=C2c2ccccc2)cn1. The molecule has 1 aromatic heterocycles. The number of nitrogens with two attached hydrogens (primary N) is 1. The quantitative estimate of drug-likeness (QED) is 0.946. The number of rotatable bonds is 3. The first kappa shape index (κ1) is 13.7. The van der Waals surface area contributed by atoms with Gasteiger partial charge in [0.2, 0.25) is 0 Å². The van der Waals surface area contributed by atoms with E-state index in [-0.39, 0.29) is 5.03 Å². The highest BCUT2D eigenvalue weighted by atomic mass is 32.2. The molecule has 1 heterocycles. The van der Waals surface area contributed by atoms with Gasteiger partial charge < -0.3 is 0 Å². The van der Waals surface area contributed by atoms with Crippen molar-refractivity contribution in [1.82, 2.24) is 4.98 Å². The molecule has 106 valence electrons. The number of hydrogen-bond donors (Lipinski definition) is 1. The van der Waals surface area contributed by atoms with Crippen LogP contribution in [0.15, 0.2) is 65.8 Å². The predicted octanol–water partition coefficient (Wildman–Crippen LogP) is 2.60. The molecular formula is C16H14N2O2S. The highest BCUT2D eigenvalue weighted by Gasteiger charge is 2.15. The van der Waals surface area contributed by atoms with Crippen LogP contribution in [0.25, 0.3) is 11.1 Å². The molecule has 5 heteroatoms. The zero-order chi connectivity index (χ0) is 14.9. The van der Waals surface area contributed by atoms with Crippen LogP contribution in [0.4, 0.5) is 0 Å². The lowest BCUT2D eigenvalue weighted by Crippen LogP contribution is -2.13. The largest absolute Gasteiger partial charge is 0.255 e. The summed E-state index contributed by atoms with van der Waals surface area (Å²) in [5.74, 6) is 0. The Bertz CT molecular complexity index is 820. The monoisotopic (exact) mass is 298 g/mol. The van der Waals surface area contributed by atoms with Gasteiger partial charge in [0.05, 0.1) is 0 Å². The van der Waals surface area contributed by atoms with Gasteiger partial charge in [-0.05, 0) is 35.3 Å². The van der Waals surface area contributed by atoms with Crippen LogP contribution in [0.1, 0.15) is 17.5 Å². The Labute approximate surface area is 123 Å². The minimum Gasteiger partial charge on any atom is -0.243 e. The molecule has 1 aliphatic rings. The van der Waals surface area contributed by atoms with Gasteiger partial charge in [0.25, 0.3) is 10.0 Å². The molecule has 0 saturated heterocycles. The van der Waals surface area contributed by atoms with Gasteiger partial charge in [-0.2, -0.15) is 0 Å². The van der Waals surface area contributed by atoms with E-state index in [1.165, 1.54) is 6.07 Å². The summed E-state index contributed by atoms with van der Waals surface area (Å²) >= 11 is 0. The molecule has 0 atom stereocenters. The lowest BCUT2D eigenvalue weighted by molar-refractivity contribution is 0.594. The molecule has 1 aromatic carbocycles. The lowest BCUT2D eigenvalue weighted by atomic mass is 9.96. The first-order chi connectivity index (χ1) is 10.1. The van der Waals surface area contributed by atoms with Gasteiger partial charge in [-0.15, -0.1) is 0 Å². The fourth-order valence-electron chi connectivity index (χ4n) is 2.39. The lowest BCUT2D eigenvalue weighted by Gasteiger charge is -2.09. The Balaban J connectivity index is 1.96. The first-order valence-corrected chi connectivity index (χ1v) is 8.06. The number of aromatic nitrogens is 1. The maximum atomic E-state index is 11.2. The van der Waals surface area contributed by atoms with Gasteiger partial charge in [-0.25, -0.2) is 18.5 Å². The van der Waals surface area contributed by atoms with Crippen molar-refractivity contribution in [1.29, 1.82) is 0 Å². The molecule has 0 fully saturated rings. The molecule has 0 amide bonds. The second-order valence-corrected chi connectivity index (χ2v) is 6.28. The topological polar surface area (TPSA) is 73.1 Å². The summed E-state index contributed by atoms with van der Waals surface area (Å²) < 4.78 is 22.5. The maximum absolute atomic E-state index is 11.2. The van der Waals surface area contributed by atoms with E-state index in [4.69, 9.17) is 5.14 Å². The van der Waals surface area contributed by atoms with Gasteiger partial charge in [0.1, 0.15) is 0 Å². The Hall–Kier alpha value is -2.24. The summed E-state index contributed by atoms with van der Waals surface area (Å²) in [5.41, 5.74) is 4.22. The number of sulfonamides is 1. The highest BCUT2D eigenvalue weighted by molar-refractivity contribution is 7.89. The Morgan fingerprint density at radius 1 is 0.905 bits per heavy atom. The van der Waals surface area contributed by atoms with Crippen molar-refractivity contribution in [2.24, 2.45) is 5.14 Å². The minimum absolute atomic E-state index is 0.116. The summed E-state index contributed by atoms with van der Waals surface area (Å²) in [6.07, 6.45) is 6.67. The zero-order valence-corrected chi connectivity index (χ0v) is 12.0. The summed E-state index contributed by atoms with van der Waals surface area (Å²) in [6, 6.07) is 13.2. The van der Waals surface area contributed by atoms with Gasteiger partial charge >= 0.3 is 0 Å². The molecule has 0 bridgehead atoms. The number of pyridine rings is 1. The Morgan fingerprint density at radius 3 is 2.14 bits per heavy atom. The molecule has 21 heavy (non-hydrogen) atoms. The van der Waals surface area contributed by atoms with Crippen molar-refractivity contribution >= 4 is 21.2 Å². The van der Waals surface area contributed by atoms with E-state index in [0.717, 1.165) is 28.7 Å². The number of primary sulfonamides is 1. The maximum Gasteiger partial charge on any atom is 0.255 e. The van der Waals surface area contributed by atoms with Crippen molar-refractivity contribution in [3.8, 4) is 0 Å². The molecule has 0 aliphatic heterocycles. The summed E-state index contributed by atoms with van der Waals surface area (Å²) in [5, 5.41) is 4.95. The van der Waals surface area contributed by atoms with E-state index in [9.17, 15) is 8.42 Å². The molecular weight excluding hydrogens is 284 g/mol. The number of benzene rings is 1. The standard InChI is InChI=1S/C16H14N2O2S/c17-21(19,20)16-10-9-13(11-18-16)15-8-4-7-14(15)12-5-2-1-3-6-12/h1-3,5-11H,4H2,(H2,17,19,20). The van der Waals surface area contributed by atoms with E-state index in [1.54, 1.807) is 12.3 Å². The molecule has 2 aromatic rings. The summed E-state index contributed by atoms with van der Waals surface area (Å²) in [4.78, 5) is 3.94. The number of hydrogen-bond acceptors (Lipinski definition) is 3. The molecule has 0 spiro atoms. The van der Waals surface area contributed by atoms with Crippen LogP contribution in [0.2, 0.25) is 0 Å². The summed E-state index contributed by atoms with van der Waals surface area (Å²) in [7, 11) is -3.75. The zero-order valence-electron chi connectivity index (χ0n) is 11.2. The van der Waals surface area contributed by atoms with Crippen LogP contribution in [0.3, 0.4) is 0 Å². The van der Waals surface area contributed by atoms with E-state index >= 15 is 0 Å². The van der Waals surface area contributed by atoms with E-state index in [2.05, 4.69) is 29.3 Å². The van der Waals surface area contributed by atoms with E-state index in [1.807, 2.05) is 18.2 Å². The fraction of sp³-hybridized carbons (Fsp3) is 0.0625. The highest BCUT2D eigenvalue weighted by Crippen LogP contribution is 2.35. The van der Waals surface area contributed by atoms with Crippen LogP contribution in [0, 0.1) is 0 Å². The third kappa shape index (κ3) is 2.79. The first-order valence-electron chi connectivity index (χ1n) is 6.51. The van der Waals surface area contributed by atoms with Crippen molar-refractivity contribution in [2.75, 3.05) is 0 Å². The normalized spacial score (nSPS) is 14.7. The van der Waals surface area contributed by atoms with Crippen LogP contribution in [-0.2, 0) is 10.0 Å². The number of allylic oxidation sites excluding steroid dienone is 4. The Kier molecular flexibility index (Phi) is 3.45. The molecule has 1 aliphatic carbocycles. The average Bonchev–Trinajstić information content (AvgIpc) is 2.97. The molecule has 2 N–H and O–H groups in total. The van der Waals surface area contributed by atoms with Gasteiger partial charge in [0, 0.05) is 11.8 Å². The third-order valence-electron chi connectivity index (χ3n) is 3.36. The number of nitrogens with zero attached hydrogens (tertiary/aromatic N) is 1. The van der Waals surface area contributed by atoms with Crippen LogP contribution in [0.5, 0.6) is 0 Å². The minimum atomic E-state index is -3.75. The molecule has 4 nitrogen and oxygen atoms in total. The molecule has 0 saturated carbocycles. The van der Waals surface area contributed by atoms with Crippen LogP contribution in [-0.4, -0.2) is 13.4 Å². The van der Waals surface area contributed by atoms with Crippen molar-refractivity contribution < 1.29 is 8.42 Å². The van der Waals surface area contributed by atoms with E-state index < -0.39 is 10.0 Å².